The second-order valence-corrected chi connectivity index (χ2v) is 3.06. The summed E-state index contributed by atoms with van der Waals surface area (Å²) in [7, 11) is 0. The van der Waals surface area contributed by atoms with E-state index in [1.165, 1.54) is 6.07 Å². The van der Waals surface area contributed by atoms with Crippen molar-refractivity contribution in [1.29, 1.82) is 0 Å². The van der Waals surface area contributed by atoms with Gasteiger partial charge in [0.05, 0.1) is 6.61 Å². The minimum atomic E-state index is -1.06. The van der Waals surface area contributed by atoms with Gasteiger partial charge in [0.25, 0.3) is 0 Å². The van der Waals surface area contributed by atoms with Gasteiger partial charge in [-0.3, -0.25) is 5.32 Å². The maximum absolute atomic E-state index is 11.1. The number of carbonyl (C=O) groups excluding carboxylic acids is 1. The predicted octanol–water partition coefficient (Wildman–Crippen LogP) is 1.72. The van der Waals surface area contributed by atoms with Crippen LogP contribution < -0.4 is 10.1 Å². The number of anilines is 1. The molecule has 1 amide bonds. The summed E-state index contributed by atoms with van der Waals surface area (Å²) in [4.78, 5) is 21.4. The van der Waals surface area contributed by atoms with Crippen LogP contribution >= 0.6 is 0 Å². The van der Waals surface area contributed by atoms with Gasteiger partial charge in [-0.15, -0.1) is 0 Å². The number of benzene rings is 1. The summed E-state index contributed by atoms with van der Waals surface area (Å²) in [6.45, 7) is 1.55. The van der Waals surface area contributed by atoms with E-state index < -0.39 is 18.7 Å². The molecule has 6 heteroatoms. The number of hydrogen-bond acceptors (Lipinski definition) is 4. The quantitative estimate of drug-likeness (QED) is 0.817. The van der Waals surface area contributed by atoms with Gasteiger partial charge in [-0.2, -0.15) is 0 Å². The average molecular weight is 239 g/mol. The number of carboxylic acids is 1. The summed E-state index contributed by atoms with van der Waals surface area (Å²) in [5.41, 5.74) is 0.478. The van der Waals surface area contributed by atoms with Gasteiger partial charge in [-0.05, 0) is 19.1 Å². The highest BCUT2D eigenvalue weighted by atomic mass is 16.5. The van der Waals surface area contributed by atoms with Gasteiger partial charge in [-0.25, -0.2) is 9.59 Å². The van der Waals surface area contributed by atoms with Crippen LogP contribution in [0.2, 0.25) is 0 Å². The lowest BCUT2D eigenvalue weighted by Crippen LogP contribution is -2.13. The fraction of sp³-hybridized carbons (Fsp3) is 0.273. The van der Waals surface area contributed by atoms with E-state index in [2.05, 4.69) is 5.32 Å². The first-order chi connectivity index (χ1) is 8.11. The molecule has 0 saturated carbocycles. The lowest BCUT2D eigenvalue weighted by Gasteiger charge is -2.07. The van der Waals surface area contributed by atoms with E-state index in [0.29, 0.717) is 11.4 Å². The van der Waals surface area contributed by atoms with E-state index in [4.69, 9.17) is 14.6 Å². The van der Waals surface area contributed by atoms with Crippen LogP contribution in [-0.2, 0) is 9.53 Å². The Labute approximate surface area is 98.2 Å². The highest BCUT2D eigenvalue weighted by Crippen LogP contribution is 2.17. The lowest BCUT2D eigenvalue weighted by molar-refractivity contribution is -0.139. The zero-order chi connectivity index (χ0) is 12.7. The van der Waals surface area contributed by atoms with Crippen LogP contribution in [0, 0.1) is 0 Å². The van der Waals surface area contributed by atoms with Crippen molar-refractivity contribution >= 4 is 17.7 Å². The minimum absolute atomic E-state index is 0.279. The number of rotatable bonds is 5. The van der Waals surface area contributed by atoms with E-state index in [1.807, 2.05) is 0 Å². The first-order valence-corrected chi connectivity index (χ1v) is 5.00. The first-order valence-electron chi connectivity index (χ1n) is 5.00. The van der Waals surface area contributed by atoms with Crippen LogP contribution in [0.1, 0.15) is 6.92 Å². The van der Waals surface area contributed by atoms with E-state index in [-0.39, 0.29) is 6.61 Å². The average Bonchev–Trinajstić information content (AvgIpc) is 2.27. The molecule has 0 saturated heterocycles. The van der Waals surface area contributed by atoms with Crippen molar-refractivity contribution in [2.75, 3.05) is 18.5 Å². The molecule has 0 aliphatic carbocycles. The van der Waals surface area contributed by atoms with Crippen LogP contribution in [0.3, 0.4) is 0 Å². The molecule has 17 heavy (non-hydrogen) atoms. The van der Waals surface area contributed by atoms with Gasteiger partial charge < -0.3 is 14.6 Å². The number of amides is 1. The van der Waals surface area contributed by atoms with Gasteiger partial charge >= 0.3 is 12.1 Å². The smallest absolute Gasteiger partial charge is 0.411 e. The van der Waals surface area contributed by atoms with Gasteiger partial charge in [0, 0.05) is 11.8 Å². The highest BCUT2D eigenvalue weighted by molar-refractivity contribution is 5.84. The monoisotopic (exact) mass is 239 g/mol. The van der Waals surface area contributed by atoms with Crippen LogP contribution in [0.15, 0.2) is 24.3 Å². The molecule has 0 atom stereocenters. The molecule has 92 valence electrons. The molecule has 1 aromatic carbocycles. The number of aliphatic carboxylic acids is 1. The third kappa shape index (κ3) is 4.87. The van der Waals surface area contributed by atoms with E-state index >= 15 is 0 Å². The lowest BCUT2D eigenvalue weighted by atomic mass is 10.3. The Bertz CT molecular complexity index is 405. The van der Waals surface area contributed by atoms with Crippen molar-refractivity contribution in [3.63, 3.8) is 0 Å². The molecule has 0 heterocycles. The highest BCUT2D eigenvalue weighted by Gasteiger charge is 2.04. The van der Waals surface area contributed by atoms with E-state index in [9.17, 15) is 9.59 Å². The van der Waals surface area contributed by atoms with Gasteiger partial charge in [0.2, 0.25) is 0 Å². The molecule has 0 aromatic heterocycles. The van der Waals surface area contributed by atoms with E-state index in [1.54, 1.807) is 25.1 Å². The number of carbonyl (C=O) groups is 2. The molecule has 2 N–H and O–H groups in total. The Morgan fingerprint density at radius 1 is 1.41 bits per heavy atom. The normalized spacial score (nSPS) is 9.47. The molecule has 1 rings (SSSR count). The molecule has 1 aromatic rings. The van der Waals surface area contributed by atoms with Crippen LogP contribution in [0.25, 0.3) is 0 Å². The fourth-order valence-electron chi connectivity index (χ4n) is 1.09. The Morgan fingerprint density at radius 3 is 2.82 bits per heavy atom. The van der Waals surface area contributed by atoms with Crippen molar-refractivity contribution in [2.45, 2.75) is 6.92 Å². The van der Waals surface area contributed by atoms with Crippen molar-refractivity contribution in [3.05, 3.63) is 24.3 Å². The van der Waals surface area contributed by atoms with Crippen molar-refractivity contribution in [2.24, 2.45) is 0 Å². The maximum atomic E-state index is 11.1. The summed E-state index contributed by atoms with van der Waals surface area (Å²) in [6, 6.07) is 6.39. The third-order valence-corrected chi connectivity index (χ3v) is 1.72. The van der Waals surface area contributed by atoms with Gasteiger partial charge in [0.15, 0.2) is 6.61 Å². The standard InChI is InChI=1S/C11H13NO5/c1-2-16-11(15)12-8-4-3-5-9(6-8)17-7-10(13)14/h3-6H,2,7H2,1H3,(H,12,15)(H,13,14). The number of ether oxygens (including phenoxy) is 2. The molecule has 0 radical (unpaired) electrons. The summed E-state index contributed by atoms with van der Waals surface area (Å²) in [5.74, 6) is -0.699. The predicted molar refractivity (Wildman–Crippen MR) is 60.2 cm³/mol. The van der Waals surface area contributed by atoms with Crippen molar-refractivity contribution < 1.29 is 24.2 Å². The maximum Gasteiger partial charge on any atom is 0.411 e. The third-order valence-electron chi connectivity index (χ3n) is 1.72. The molecule has 0 spiro atoms. The molecule has 0 fully saturated rings. The van der Waals surface area contributed by atoms with Crippen molar-refractivity contribution in [3.8, 4) is 5.75 Å². The summed E-state index contributed by atoms with van der Waals surface area (Å²) in [5, 5.41) is 10.9. The molecular weight excluding hydrogens is 226 g/mol. The Kier molecular flexibility index (Phi) is 4.80. The Balaban J connectivity index is 2.59. The zero-order valence-electron chi connectivity index (χ0n) is 9.30. The molecule has 0 aliphatic heterocycles. The zero-order valence-corrected chi connectivity index (χ0v) is 9.30. The number of nitrogens with one attached hydrogen (secondary N) is 1. The molecule has 0 bridgehead atoms. The fourth-order valence-corrected chi connectivity index (χ4v) is 1.09. The van der Waals surface area contributed by atoms with E-state index in [0.717, 1.165) is 0 Å². The summed E-state index contributed by atoms with van der Waals surface area (Å²) >= 11 is 0. The SMILES string of the molecule is CCOC(=O)Nc1cccc(OCC(=O)O)c1. The van der Waals surface area contributed by atoms with Crippen LogP contribution in [-0.4, -0.2) is 30.4 Å². The number of carboxylic acid groups (broad SMARTS) is 1. The largest absolute Gasteiger partial charge is 0.482 e. The Hall–Kier alpha value is -2.24. The van der Waals surface area contributed by atoms with Crippen LogP contribution in [0.4, 0.5) is 10.5 Å². The second kappa shape index (κ2) is 6.37. The summed E-state index contributed by atoms with van der Waals surface area (Å²) < 4.78 is 9.66. The second-order valence-electron chi connectivity index (χ2n) is 3.06. The molecule has 6 nitrogen and oxygen atoms in total. The van der Waals surface area contributed by atoms with Gasteiger partial charge in [0.1, 0.15) is 5.75 Å². The Morgan fingerprint density at radius 2 is 2.18 bits per heavy atom. The molecule has 0 aliphatic rings. The van der Waals surface area contributed by atoms with Gasteiger partial charge in [-0.1, -0.05) is 6.07 Å². The number of hydrogen-bond donors (Lipinski definition) is 2. The molecule has 0 unspecified atom stereocenters. The van der Waals surface area contributed by atoms with Crippen molar-refractivity contribution in [1.82, 2.24) is 0 Å². The topological polar surface area (TPSA) is 84.9 Å². The summed E-state index contributed by atoms with van der Waals surface area (Å²) in [6.07, 6.45) is -0.567. The molecular formula is C11H13NO5. The van der Waals surface area contributed by atoms with Crippen LogP contribution in [0.5, 0.6) is 5.75 Å². The first kappa shape index (κ1) is 12.8. The minimum Gasteiger partial charge on any atom is -0.482 e.